The zero-order valence-corrected chi connectivity index (χ0v) is 14.9. The van der Waals surface area contributed by atoms with Crippen LogP contribution in [0.5, 0.6) is 5.75 Å². The van der Waals surface area contributed by atoms with E-state index in [0.717, 1.165) is 40.9 Å². The number of benzene rings is 2. The highest BCUT2D eigenvalue weighted by Crippen LogP contribution is 2.17. The maximum atomic E-state index is 12.3. The third kappa shape index (κ3) is 4.97. The lowest BCUT2D eigenvalue weighted by Crippen LogP contribution is -2.13. The number of rotatable bonds is 5. The van der Waals surface area contributed by atoms with Crippen LogP contribution >= 0.6 is 11.8 Å². The number of amidine groups is 1. The van der Waals surface area contributed by atoms with E-state index in [0.29, 0.717) is 5.56 Å². The normalized spacial score (nSPS) is 14.2. The van der Waals surface area contributed by atoms with Gasteiger partial charge in [-0.3, -0.25) is 9.79 Å². The molecule has 128 valence electrons. The maximum Gasteiger partial charge on any atom is 0.185 e. The molecular formula is C20H20N2O2S. The lowest BCUT2D eigenvalue weighted by molar-refractivity contribution is 0.104. The van der Waals surface area contributed by atoms with Gasteiger partial charge in [-0.25, -0.2) is 0 Å². The standard InChI is InChI=1S/C20H20N2O2S/c1-24-18-10-3-15(4-11-18)5-12-19(23)16-6-8-17(9-7-16)22-20-21-13-2-14-25-20/h3-12H,2,13-14H2,1H3,(H,21,22). The molecule has 0 spiro atoms. The van der Waals surface area contributed by atoms with Crippen LogP contribution in [0.15, 0.2) is 59.6 Å². The molecule has 0 amide bonds. The van der Waals surface area contributed by atoms with Gasteiger partial charge in [-0.15, -0.1) is 0 Å². The largest absolute Gasteiger partial charge is 0.497 e. The number of nitrogens with zero attached hydrogens (tertiary/aromatic N) is 1. The summed E-state index contributed by atoms with van der Waals surface area (Å²) in [6, 6.07) is 15.1. The van der Waals surface area contributed by atoms with Crippen molar-refractivity contribution in [2.45, 2.75) is 6.42 Å². The van der Waals surface area contributed by atoms with Crippen molar-refractivity contribution in [2.75, 3.05) is 24.7 Å². The van der Waals surface area contributed by atoms with Crippen molar-refractivity contribution in [1.82, 2.24) is 0 Å². The van der Waals surface area contributed by atoms with Crippen LogP contribution in [0.4, 0.5) is 5.69 Å². The number of methoxy groups -OCH3 is 1. The molecule has 5 heteroatoms. The van der Waals surface area contributed by atoms with E-state index >= 15 is 0 Å². The Kier molecular flexibility index (Phi) is 5.90. The fraction of sp³-hybridized carbons (Fsp3) is 0.200. The summed E-state index contributed by atoms with van der Waals surface area (Å²) in [7, 11) is 1.63. The Labute approximate surface area is 152 Å². The minimum Gasteiger partial charge on any atom is -0.497 e. The van der Waals surface area contributed by atoms with Gasteiger partial charge in [0.1, 0.15) is 5.75 Å². The Morgan fingerprint density at radius 2 is 1.92 bits per heavy atom. The summed E-state index contributed by atoms with van der Waals surface area (Å²) in [5.74, 6) is 1.87. The van der Waals surface area contributed by atoms with Crippen molar-refractivity contribution >= 4 is 34.5 Å². The van der Waals surface area contributed by atoms with Crippen LogP contribution in [0.1, 0.15) is 22.3 Å². The van der Waals surface area contributed by atoms with E-state index in [9.17, 15) is 4.79 Å². The number of hydrogen-bond donors (Lipinski definition) is 1. The molecule has 0 aliphatic carbocycles. The number of nitrogens with one attached hydrogen (secondary N) is 1. The molecule has 1 heterocycles. The number of anilines is 1. The molecule has 4 nitrogen and oxygen atoms in total. The van der Waals surface area contributed by atoms with Crippen LogP contribution in [0.3, 0.4) is 0 Å². The third-order valence-electron chi connectivity index (χ3n) is 3.76. The summed E-state index contributed by atoms with van der Waals surface area (Å²) in [6.07, 6.45) is 4.52. The van der Waals surface area contributed by atoms with Crippen LogP contribution in [0.2, 0.25) is 0 Å². The van der Waals surface area contributed by atoms with Crippen molar-refractivity contribution in [3.05, 3.63) is 65.7 Å². The summed E-state index contributed by atoms with van der Waals surface area (Å²) in [5.41, 5.74) is 2.57. The summed E-state index contributed by atoms with van der Waals surface area (Å²) in [6.45, 7) is 0.877. The van der Waals surface area contributed by atoms with Gasteiger partial charge in [0.2, 0.25) is 0 Å². The highest BCUT2D eigenvalue weighted by Gasteiger charge is 2.07. The highest BCUT2D eigenvalue weighted by atomic mass is 32.2. The van der Waals surface area contributed by atoms with Gasteiger partial charge >= 0.3 is 0 Å². The molecule has 3 rings (SSSR count). The Morgan fingerprint density at radius 3 is 2.56 bits per heavy atom. The first-order valence-electron chi connectivity index (χ1n) is 8.15. The summed E-state index contributed by atoms with van der Waals surface area (Å²) < 4.78 is 5.12. The monoisotopic (exact) mass is 352 g/mol. The summed E-state index contributed by atoms with van der Waals surface area (Å²) in [5, 5.41) is 4.24. The van der Waals surface area contributed by atoms with Gasteiger partial charge in [-0.05, 0) is 54.5 Å². The Balaban J connectivity index is 1.61. The van der Waals surface area contributed by atoms with Gasteiger partial charge in [-0.1, -0.05) is 30.0 Å². The molecule has 2 aromatic rings. The predicted molar refractivity (Wildman–Crippen MR) is 106 cm³/mol. The second-order valence-electron chi connectivity index (χ2n) is 5.56. The first kappa shape index (κ1) is 17.3. The summed E-state index contributed by atoms with van der Waals surface area (Å²) in [4.78, 5) is 16.7. The minimum absolute atomic E-state index is 0.0215. The first-order chi connectivity index (χ1) is 12.2. The number of ether oxygens (including phenoxy) is 1. The average molecular weight is 352 g/mol. The molecule has 0 bridgehead atoms. The van der Waals surface area contributed by atoms with Gasteiger partial charge < -0.3 is 10.1 Å². The number of aliphatic imine (C=N–C) groups is 1. The molecule has 0 atom stereocenters. The molecule has 25 heavy (non-hydrogen) atoms. The van der Waals surface area contributed by atoms with E-state index in [4.69, 9.17) is 4.74 Å². The van der Waals surface area contributed by atoms with Crippen molar-refractivity contribution in [3.8, 4) is 5.75 Å². The van der Waals surface area contributed by atoms with Gasteiger partial charge in [0.25, 0.3) is 0 Å². The number of ketones is 1. The van der Waals surface area contributed by atoms with E-state index in [1.807, 2.05) is 48.5 Å². The third-order valence-corrected chi connectivity index (χ3v) is 4.76. The Bertz CT molecular complexity index is 780. The predicted octanol–water partition coefficient (Wildman–Crippen LogP) is 4.50. The van der Waals surface area contributed by atoms with Crippen molar-refractivity contribution < 1.29 is 9.53 Å². The Morgan fingerprint density at radius 1 is 1.16 bits per heavy atom. The van der Waals surface area contributed by atoms with Crippen molar-refractivity contribution in [3.63, 3.8) is 0 Å². The van der Waals surface area contributed by atoms with Crippen molar-refractivity contribution in [2.24, 2.45) is 4.99 Å². The molecule has 1 aliphatic rings. The Hall–Kier alpha value is -2.53. The molecule has 0 fully saturated rings. The van der Waals surface area contributed by atoms with Crippen LogP contribution in [0, 0.1) is 0 Å². The van der Waals surface area contributed by atoms with E-state index in [1.165, 1.54) is 0 Å². The zero-order valence-electron chi connectivity index (χ0n) is 14.1. The second kappa shape index (κ2) is 8.53. The van der Waals surface area contributed by atoms with E-state index in [1.54, 1.807) is 31.0 Å². The summed E-state index contributed by atoms with van der Waals surface area (Å²) >= 11 is 1.73. The second-order valence-corrected chi connectivity index (χ2v) is 6.65. The molecular weight excluding hydrogens is 332 g/mol. The number of allylic oxidation sites excluding steroid dienone is 1. The van der Waals surface area contributed by atoms with Gasteiger partial charge in [0, 0.05) is 23.5 Å². The molecule has 0 saturated heterocycles. The van der Waals surface area contributed by atoms with Crippen LogP contribution in [-0.2, 0) is 0 Å². The van der Waals surface area contributed by atoms with Crippen LogP contribution in [0.25, 0.3) is 6.08 Å². The zero-order chi connectivity index (χ0) is 17.5. The molecule has 0 radical (unpaired) electrons. The first-order valence-corrected chi connectivity index (χ1v) is 9.14. The quantitative estimate of drug-likeness (QED) is 0.636. The molecule has 2 aromatic carbocycles. The van der Waals surface area contributed by atoms with Gasteiger partial charge in [-0.2, -0.15) is 0 Å². The average Bonchev–Trinajstić information content (AvgIpc) is 2.68. The molecule has 1 aliphatic heterocycles. The topological polar surface area (TPSA) is 50.7 Å². The van der Waals surface area contributed by atoms with E-state index < -0.39 is 0 Å². The lowest BCUT2D eigenvalue weighted by Gasteiger charge is -2.13. The smallest absolute Gasteiger partial charge is 0.185 e. The fourth-order valence-corrected chi connectivity index (χ4v) is 3.20. The number of carbonyl (C=O) groups is 1. The maximum absolute atomic E-state index is 12.3. The van der Waals surface area contributed by atoms with Crippen molar-refractivity contribution in [1.29, 1.82) is 0 Å². The molecule has 1 N–H and O–H groups in total. The van der Waals surface area contributed by atoms with Gasteiger partial charge in [0.15, 0.2) is 11.0 Å². The minimum atomic E-state index is -0.0215. The van der Waals surface area contributed by atoms with E-state index in [-0.39, 0.29) is 5.78 Å². The lowest BCUT2D eigenvalue weighted by atomic mass is 10.1. The SMILES string of the molecule is COc1ccc(C=CC(=O)c2ccc(NC3=NCCCS3)cc2)cc1. The molecule has 0 saturated carbocycles. The number of thioether (sulfide) groups is 1. The van der Waals surface area contributed by atoms with Gasteiger partial charge in [0.05, 0.1) is 7.11 Å². The van der Waals surface area contributed by atoms with Crippen LogP contribution < -0.4 is 10.1 Å². The molecule has 0 aromatic heterocycles. The van der Waals surface area contributed by atoms with E-state index in [2.05, 4.69) is 10.3 Å². The van der Waals surface area contributed by atoms with Crippen LogP contribution in [-0.4, -0.2) is 30.4 Å². The number of hydrogen-bond acceptors (Lipinski definition) is 5. The molecule has 0 unspecified atom stereocenters. The fourth-order valence-electron chi connectivity index (χ4n) is 2.36. The number of carbonyl (C=O) groups excluding carboxylic acids is 1. The highest BCUT2D eigenvalue weighted by molar-refractivity contribution is 8.14.